The van der Waals surface area contributed by atoms with Crippen LogP contribution in [-0.4, -0.2) is 80.1 Å². The fraction of sp³-hybridized carbons (Fsp3) is 0.632. The fourth-order valence-corrected chi connectivity index (χ4v) is 4.50. The van der Waals surface area contributed by atoms with E-state index < -0.39 is 0 Å². The van der Waals surface area contributed by atoms with Crippen LogP contribution in [0.1, 0.15) is 17.7 Å². The maximum atomic E-state index is 12.6. The molecule has 1 aromatic rings. The van der Waals surface area contributed by atoms with E-state index in [1.165, 1.54) is 0 Å². The maximum Gasteiger partial charge on any atom is 0.322 e. The predicted octanol–water partition coefficient (Wildman–Crippen LogP) is 1.16. The number of carbonyl (C=O) groups excluding carboxylic acids is 2. The number of fused-ring (bicyclic) bond motifs is 1. The second kappa shape index (κ2) is 10.1. The second-order valence-electron chi connectivity index (χ2n) is 7.02. The summed E-state index contributed by atoms with van der Waals surface area (Å²) in [5.74, 6) is 0.773. The minimum absolute atomic E-state index is 0.0448. The van der Waals surface area contributed by atoms with Crippen molar-refractivity contribution in [3.05, 3.63) is 17.3 Å². The van der Waals surface area contributed by atoms with Gasteiger partial charge in [-0.3, -0.25) is 14.6 Å². The third-order valence-electron chi connectivity index (χ3n) is 4.83. The van der Waals surface area contributed by atoms with Crippen LogP contribution in [0.15, 0.2) is 11.1 Å². The van der Waals surface area contributed by atoms with Gasteiger partial charge in [0.25, 0.3) is 0 Å². The molecule has 3 heterocycles. The summed E-state index contributed by atoms with van der Waals surface area (Å²) in [4.78, 5) is 33.2. The summed E-state index contributed by atoms with van der Waals surface area (Å²) in [6, 6.07) is 1.82. The lowest BCUT2D eigenvalue weighted by molar-refractivity contribution is -0.121. The largest absolute Gasteiger partial charge is 0.379 e. The SMILES string of the molecule is Cc1cc(C)c2c(n1)SCCN2C(=O)NCCC(=O)NCCN1CCOCC1. The molecular formula is C19H29N5O3S. The van der Waals surface area contributed by atoms with Crippen LogP contribution in [0.3, 0.4) is 0 Å². The highest BCUT2D eigenvalue weighted by Crippen LogP contribution is 2.36. The Bertz CT molecular complexity index is 709. The summed E-state index contributed by atoms with van der Waals surface area (Å²) in [6.45, 7) is 9.71. The Balaban J connectivity index is 1.41. The van der Waals surface area contributed by atoms with E-state index in [0.717, 1.165) is 60.6 Å². The van der Waals surface area contributed by atoms with Crippen LogP contribution in [0.25, 0.3) is 0 Å². The van der Waals surface area contributed by atoms with Gasteiger partial charge in [-0.2, -0.15) is 0 Å². The van der Waals surface area contributed by atoms with Crippen molar-refractivity contribution in [2.75, 3.05) is 63.1 Å². The molecule has 1 saturated heterocycles. The molecule has 3 rings (SSSR count). The maximum absolute atomic E-state index is 12.6. The van der Waals surface area contributed by atoms with Gasteiger partial charge in [0.2, 0.25) is 5.91 Å². The first-order chi connectivity index (χ1) is 13.5. The smallest absolute Gasteiger partial charge is 0.322 e. The number of morpholine rings is 1. The third kappa shape index (κ3) is 5.59. The van der Waals surface area contributed by atoms with E-state index in [4.69, 9.17) is 4.74 Å². The molecule has 8 nitrogen and oxygen atoms in total. The molecular weight excluding hydrogens is 378 g/mol. The number of thioether (sulfide) groups is 1. The van der Waals surface area contributed by atoms with Crippen molar-refractivity contribution in [1.82, 2.24) is 20.5 Å². The molecule has 2 aliphatic rings. The molecule has 28 heavy (non-hydrogen) atoms. The van der Waals surface area contributed by atoms with Gasteiger partial charge in [-0.15, -0.1) is 11.8 Å². The zero-order chi connectivity index (χ0) is 19.9. The molecule has 0 bridgehead atoms. The molecule has 3 amide bonds. The van der Waals surface area contributed by atoms with E-state index in [0.29, 0.717) is 19.6 Å². The van der Waals surface area contributed by atoms with Crippen molar-refractivity contribution in [3.63, 3.8) is 0 Å². The standard InChI is InChI=1S/C19H29N5O3S/c1-14-13-15(2)22-18-17(14)24(9-12-28-18)19(26)21-4-3-16(25)20-5-6-23-7-10-27-11-8-23/h13H,3-12H2,1-2H3,(H,20,25)(H,21,26). The van der Waals surface area contributed by atoms with E-state index in [2.05, 4.69) is 20.5 Å². The molecule has 154 valence electrons. The molecule has 9 heteroatoms. The molecule has 0 unspecified atom stereocenters. The third-order valence-corrected chi connectivity index (χ3v) is 5.78. The number of hydrogen-bond acceptors (Lipinski definition) is 6. The summed E-state index contributed by atoms with van der Waals surface area (Å²) in [5, 5.41) is 6.69. The van der Waals surface area contributed by atoms with Crippen molar-refractivity contribution < 1.29 is 14.3 Å². The lowest BCUT2D eigenvalue weighted by Gasteiger charge is -2.30. The summed E-state index contributed by atoms with van der Waals surface area (Å²) in [5.41, 5.74) is 2.89. The number of aromatic nitrogens is 1. The number of nitrogens with zero attached hydrogens (tertiary/aromatic N) is 3. The second-order valence-corrected chi connectivity index (χ2v) is 8.10. The highest BCUT2D eigenvalue weighted by atomic mass is 32.2. The average Bonchev–Trinajstić information content (AvgIpc) is 2.68. The highest BCUT2D eigenvalue weighted by Gasteiger charge is 2.26. The van der Waals surface area contributed by atoms with E-state index in [1.807, 2.05) is 19.9 Å². The van der Waals surface area contributed by atoms with E-state index >= 15 is 0 Å². The van der Waals surface area contributed by atoms with Gasteiger partial charge in [0, 0.05) is 57.1 Å². The van der Waals surface area contributed by atoms with Gasteiger partial charge in [0.05, 0.1) is 18.9 Å². The van der Waals surface area contributed by atoms with Crippen molar-refractivity contribution in [1.29, 1.82) is 0 Å². The number of hydrogen-bond donors (Lipinski definition) is 2. The van der Waals surface area contributed by atoms with Crippen LogP contribution in [0.5, 0.6) is 0 Å². The Morgan fingerprint density at radius 1 is 1.18 bits per heavy atom. The van der Waals surface area contributed by atoms with Crippen molar-refractivity contribution in [2.45, 2.75) is 25.3 Å². The number of nitrogens with one attached hydrogen (secondary N) is 2. The quantitative estimate of drug-likeness (QED) is 0.736. The average molecular weight is 408 g/mol. The highest BCUT2D eigenvalue weighted by molar-refractivity contribution is 7.99. The number of amides is 3. The molecule has 2 N–H and O–H groups in total. The zero-order valence-corrected chi connectivity index (χ0v) is 17.4. The van der Waals surface area contributed by atoms with Gasteiger partial charge < -0.3 is 15.4 Å². The van der Waals surface area contributed by atoms with Crippen LogP contribution < -0.4 is 15.5 Å². The van der Waals surface area contributed by atoms with E-state index in [-0.39, 0.29) is 18.4 Å². The van der Waals surface area contributed by atoms with Crippen molar-refractivity contribution in [3.8, 4) is 0 Å². The summed E-state index contributed by atoms with van der Waals surface area (Å²) < 4.78 is 5.31. The molecule has 2 aliphatic heterocycles. The van der Waals surface area contributed by atoms with Crippen LogP contribution >= 0.6 is 11.8 Å². The zero-order valence-electron chi connectivity index (χ0n) is 16.6. The Hall–Kier alpha value is -1.84. The number of urea groups is 1. The molecule has 0 spiro atoms. The first-order valence-electron chi connectivity index (χ1n) is 9.78. The number of rotatable bonds is 6. The predicted molar refractivity (Wildman–Crippen MR) is 110 cm³/mol. The number of anilines is 1. The van der Waals surface area contributed by atoms with Crippen LogP contribution in [0.2, 0.25) is 0 Å². The first kappa shape index (κ1) is 20.9. The lowest BCUT2D eigenvalue weighted by Crippen LogP contribution is -2.45. The number of ether oxygens (including phenoxy) is 1. The first-order valence-corrected chi connectivity index (χ1v) is 10.8. The van der Waals surface area contributed by atoms with Gasteiger partial charge in [0.1, 0.15) is 5.03 Å². The van der Waals surface area contributed by atoms with Gasteiger partial charge in [0.15, 0.2) is 0 Å². The Kier molecular flexibility index (Phi) is 7.52. The van der Waals surface area contributed by atoms with E-state index in [9.17, 15) is 9.59 Å². The molecule has 0 atom stereocenters. The lowest BCUT2D eigenvalue weighted by atomic mass is 10.2. The van der Waals surface area contributed by atoms with Gasteiger partial charge in [-0.05, 0) is 25.5 Å². The number of aryl methyl sites for hydroxylation is 2. The number of pyridine rings is 1. The Morgan fingerprint density at radius 3 is 2.75 bits per heavy atom. The fourth-order valence-electron chi connectivity index (χ4n) is 3.42. The van der Waals surface area contributed by atoms with E-state index in [1.54, 1.807) is 16.7 Å². The van der Waals surface area contributed by atoms with Crippen molar-refractivity contribution in [2.24, 2.45) is 0 Å². The normalized spacial score (nSPS) is 17.1. The van der Waals surface area contributed by atoms with Gasteiger partial charge >= 0.3 is 6.03 Å². The molecule has 1 aromatic heterocycles. The molecule has 0 aliphatic carbocycles. The topological polar surface area (TPSA) is 86.8 Å². The minimum Gasteiger partial charge on any atom is -0.379 e. The van der Waals surface area contributed by atoms with Gasteiger partial charge in [-0.25, -0.2) is 9.78 Å². The van der Waals surface area contributed by atoms with Gasteiger partial charge in [-0.1, -0.05) is 0 Å². The van der Waals surface area contributed by atoms with Crippen molar-refractivity contribution >= 4 is 29.4 Å². The number of carbonyl (C=O) groups is 2. The molecule has 0 aromatic carbocycles. The van der Waals surface area contributed by atoms with Crippen LogP contribution in [0.4, 0.5) is 10.5 Å². The summed E-state index contributed by atoms with van der Waals surface area (Å²) >= 11 is 1.68. The van der Waals surface area contributed by atoms with Crippen LogP contribution in [-0.2, 0) is 9.53 Å². The Labute approximate surface area is 170 Å². The molecule has 0 saturated carbocycles. The van der Waals surface area contributed by atoms with Crippen LogP contribution in [0, 0.1) is 13.8 Å². The summed E-state index contributed by atoms with van der Waals surface area (Å²) in [7, 11) is 0. The molecule has 1 fully saturated rings. The molecule has 0 radical (unpaired) electrons. The monoisotopic (exact) mass is 407 g/mol. The Morgan fingerprint density at radius 2 is 1.96 bits per heavy atom. The summed E-state index contributed by atoms with van der Waals surface area (Å²) in [6.07, 6.45) is 0.273. The minimum atomic E-state index is -0.170.